The van der Waals surface area contributed by atoms with Crippen LogP contribution in [0.15, 0.2) is 35.8 Å². The Bertz CT molecular complexity index is 555. The minimum Gasteiger partial charge on any atom is -0.396 e. The lowest BCUT2D eigenvalue weighted by Crippen LogP contribution is -2.32. The van der Waals surface area contributed by atoms with E-state index in [0.717, 1.165) is 16.3 Å². The summed E-state index contributed by atoms with van der Waals surface area (Å²) in [5, 5.41) is 17.3. The molecule has 0 aliphatic heterocycles. The lowest BCUT2D eigenvalue weighted by Gasteiger charge is -2.12. The molecular formula is C15H19N3O2S. The van der Waals surface area contributed by atoms with Gasteiger partial charge < -0.3 is 15.7 Å². The van der Waals surface area contributed by atoms with Crippen LogP contribution in [0.2, 0.25) is 0 Å². The van der Waals surface area contributed by atoms with Gasteiger partial charge >= 0.3 is 6.03 Å². The predicted octanol–water partition coefficient (Wildman–Crippen LogP) is 2.95. The molecule has 1 heterocycles. The molecule has 5 nitrogen and oxygen atoms in total. The molecular weight excluding hydrogens is 286 g/mol. The first kappa shape index (κ1) is 15.5. The number of amides is 2. The zero-order valence-corrected chi connectivity index (χ0v) is 12.7. The number of urea groups is 1. The fourth-order valence-corrected chi connectivity index (χ4v) is 2.47. The third-order valence-electron chi connectivity index (χ3n) is 3.06. The molecule has 1 unspecified atom stereocenters. The summed E-state index contributed by atoms with van der Waals surface area (Å²) in [6.45, 7) is 2.67. The second-order valence-electron chi connectivity index (χ2n) is 4.87. The Balaban J connectivity index is 1.84. The summed E-state index contributed by atoms with van der Waals surface area (Å²) in [6, 6.07) is 7.34. The van der Waals surface area contributed by atoms with Crippen LogP contribution in [0.3, 0.4) is 0 Å². The smallest absolute Gasteiger partial charge is 0.319 e. The van der Waals surface area contributed by atoms with Gasteiger partial charge in [-0.15, -0.1) is 11.3 Å². The summed E-state index contributed by atoms with van der Waals surface area (Å²) in [7, 11) is 0. The van der Waals surface area contributed by atoms with E-state index in [1.807, 2.05) is 36.6 Å². The summed E-state index contributed by atoms with van der Waals surface area (Å²) < 4.78 is 0. The number of carbonyl (C=O) groups excluding carboxylic acids is 1. The first-order valence-electron chi connectivity index (χ1n) is 6.84. The van der Waals surface area contributed by atoms with Crippen LogP contribution in [0.1, 0.15) is 13.3 Å². The van der Waals surface area contributed by atoms with Gasteiger partial charge in [0.2, 0.25) is 0 Å². The van der Waals surface area contributed by atoms with Crippen molar-refractivity contribution in [2.24, 2.45) is 5.92 Å². The van der Waals surface area contributed by atoms with E-state index in [4.69, 9.17) is 5.11 Å². The van der Waals surface area contributed by atoms with Gasteiger partial charge in [0.05, 0.1) is 0 Å². The molecule has 1 aromatic carbocycles. The lowest BCUT2D eigenvalue weighted by molar-refractivity contribution is 0.243. The van der Waals surface area contributed by atoms with Gasteiger partial charge in [-0.25, -0.2) is 9.78 Å². The normalized spacial score (nSPS) is 11.9. The number of aliphatic hydroxyl groups excluding tert-OH is 1. The molecule has 6 heteroatoms. The zero-order chi connectivity index (χ0) is 15.1. The SMILES string of the molecule is CC(CCO)CNC(=O)Nc1ccc(-c2nccs2)cc1. The Morgan fingerprint density at radius 1 is 1.38 bits per heavy atom. The van der Waals surface area contributed by atoms with Gasteiger partial charge in [-0.05, 0) is 36.6 Å². The number of aromatic nitrogens is 1. The quantitative estimate of drug-likeness (QED) is 0.768. The van der Waals surface area contributed by atoms with E-state index in [2.05, 4.69) is 15.6 Å². The summed E-state index contributed by atoms with van der Waals surface area (Å²) in [4.78, 5) is 16.0. The minimum atomic E-state index is -0.234. The molecule has 0 radical (unpaired) electrons. The largest absolute Gasteiger partial charge is 0.396 e. The number of rotatable bonds is 6. The molecule has 2 amide bonds. The van der Waals surface area contributed by atoms with Crippen molar-refractivity contribution in [2.75, 3.05) is 18.5 Å². The third kappa shape index (κ3) is 4.84. The number of nitrogens with zero attached hydrogens (tertiary/aromatic N) is 1. The van der Waals surface area contributed by atoms with Gasteiger partial charge in [0.15, 0.2) is 0 Å². The molecule has 2 rings (SSSR count). The second kappa shape index (κ2) is 7.75. The predicted molar refractivity (Wildman–Crippen MR) is 85.4 cm³/mol. The Kier molecular flexibility index (Phi) is 5.71. The van der Waals surface area contributed by atoms with Gasteiger partial charge in [-0.3, -0.25) is 0 Å². The van der Waals surface area contributed by atoms with Gasteiger partial charge in [0, 0.05) is 36.0 Å². The van der Waals surface area contributed by atoms with Crippen LogP contribution >= 0.6 is 11.3 Å². The third-order valence-corrected chi connectivity index (χ3v) is 3.88. The van der Waals surface area contributed by atoms with Crippen LogP contribution in [0, 0.1) is 5.92 Å². The molecule has 112 valence electrons. The Morgan fingerprint density at radius 3 is 2.76 bits per heavy atom. The molecule has 3 N–H and O–H groups in total. The highest BCUT2D eigenvalue weighted by atomic mass is 32.1. The maximum Gasteiger partial charge on any atom is 0.319 e. The highest BCUT2D eigenvalue weighted by Gasteiger charge is 2.06. The van der Waals surface area contributed by atoms with Crippen LogP contribution in [0.4, 0.5) is 10.5 Å². The number of thiazole rings is 1. The van der Waals surface area contributed by atoms with Crippen molar-refractivity contribution in [3.8, 4) is 10.6 Å². The molecule has 0 saturated carbocycles. The molecule has 2 aromatic rings. The molecule has 21 heavy (non-hydrogen) atoms. The molecule has 0 aliphatic rings. The standard InChI is InChI=1S/C15H19N3O2S/c1-11(6-8-19)10-17-15(20)18-13-4-2-12(3-5-13)14-16-7-9-21-14/h2-5,7,9,11,19H,6,8,10H2,1H3,(H2,17,18,20). The van der Waals surface area contributed by atoms with Crippen LogP contribution in [0.5, 0.6) is 0 Å². The Hall–Kier alpha value is -1.92. The molecule has 0 saturated heterocycles. The van der Waals surface area contributed by atoms with Crippen LogP contribution in [0.25, 0.3) is 10.6 Å². The number of hydrogen-bond donors (Lipinski definition) is 3. The summed E-state index contributed by atoms with van der Waals surface area (Å²) in [5.74, 6) is 0.257. The fourth-order valence-electron chi connectivity index (χ4n) is 1.83. The van der Waals surface area contributed by atoms with E-state index in [1.165, 1.54) is 0 Å². The summed E-state index contributed by atoms with van der Waals surface area (Å²) in [5.41, 5.74) is 1.77. The van der Waals surface area contributed by atoms with Gasteiger partial charge in [-0.1, -0.05) is 6.92 Å². The molecule has 0 bridgehead atoms. The van der Waals surface area contributed by atoms with Gasteiger partial charge in [-0.2, -0.15) is 0 Å². The van der Waals surface area contributed by atoms with Crippen LogP contribution < -0.4 is 10.6 Å². The van der Waals surface area contributed by atoms with E-state index in [9.17, 15) is 4.79 Å². The number of hydrogen-bond acceptors (Lipinski definition) is 4. The van der Waals surface area contributed by atoms with Crippen LogP contribution in [-0.4, -0.2) is 29.3 Å². The van der Waals surface area contributed by atoms with Crippen molar-refractivity contribution in [1.82, 2.24) is 10.3 Å². The van der Waals surface area contributed by atoms with E-state index < -0.39 is 0 Å². The maximum absolute atomic E-state index is 11.7. The van der Waals surface area contributed by atoms with Gasteiger partial charge in [0.25, 0.3) is 0 Å². The van der Waals surface area contributed by atoms with E-state index in [-0.39, 0.29) is 18.6 Å². The first-order chi connectivity index (χ1) is 10.2. The van der Waals surface area contributed by atoms with Crippen molar-refractivity contribution in [3.63, 3.8) is 0 Å². The van der Waals surface area contributed by atoms with Crippen molar-refractivity contribution >= 4 is 23.1 Å². The highest BCUT2D eigenvalue weighted by molar-refractivity contribution is 7.13. The average Bonchev–Trinajstić information content (AvgIpc) is 3.00. The molecule has 0 aliphatic carbocycles. The van der Waals surface area contributed by atoms with Crippen LogP contribution in [-0.2, 0) is 0 Å². The second-order valence-corrected chi connectivity index (χ2v) is 5.76. The summed E-state index contributed by atoms with van der Waals surface area (Å²) in [6.07, 6.45) is 2.45. The van der Waals surface area contributed by atoms with Gasteiger partial charge in [0.1, 0.15) is 5.01 Å². The molecule has 0 fully saturated rings. The molecule has 0 spiro atoms. The number of benzene rings is 1. The maximum atomic E-state index is 11.7. The summed E-state index contributed by atoms with van der Waals surface area (Å²) >= 11 is 1.58. The topological polar surface area (TPSA) is 74.2 Å². The monoisotopic (exact) mass is 305 g/mol. The van der Waals surface area contributed by atoms with Crippen molar-refractivity contribution in [1.29, 1.82) is 0 Å². The first-order valence-corrected chi connectivity index (χ1v) is 7.72. The van der Waals surface area contributed by atoms with E-state index in [1.54, 1.807) is 17.5 Å². The number of aliphatic hydroxyl groups is 1. The number of anilines is 1. The average molecular weight is 305 g/mol. The zero-order valence-electron chi connectivity index (χ0n) is 11.9. The van der Waals surface area contributed by atoms with Crippen molar-refractivity contribution < 1.29 is 9.90 Å². The fraction of sp³-hybridized carbons (Fsp3) is 0.333. The van der Waals surface area contributed by atoms with E-state index >= 15 is 0 Å². The van der Waals surface area contributed by atoms with Crippen molar-refractivity contribution in [2.45, 2.75) is 13.3 Å². The minimum absolute atomic E-state index is 0.142. The molecule has 1 atom stereocenters. The number of nitrogens with one attached hydrogen (secondary N) is 2. The highest BCUT2D eigenvalue weighted by Crippen LogP contribution is 2.23. The Morgan fingerprint density at radius 2 is 2.14 bits per heavy atom. The van der Waals surface area contributed by atoms with E-state index in [0.29, 0.717) is 13.0 Å². The van der Waals surface area contributed by atoms with Crippen molar-refractivity contribution in [3.05, 3.63) is 35.8 Å². The molecule has 1 aromatic heterocycles. The lowest BCUT2D eigenvalue weighted by atomic mass is 10.1. The Labute approximate surface area is 128 Å². The number of carbonyl (C=O) groups is 1.